The maximum atomic E-state index is 6.39. The van der Waals surface area contributed by atoms with Crippen molar-refractivity contribution in [3.05, 3.63) is 21.1 Å². The Kier molecular flexibility index (Phi) is 5.21. The molecule has 0 saturated heterocycles. The maximum absolute atomic E-state index is 6.39. The first kappa shape index (κ1) is 15.7. The molecule has 0 radical (unpaired) electrons. The van der Waals surface area contributed by atoms with Crippen LogP contribution < -0.4 is 0 Å². The van der Waals surface area contributed by atoms with Gasteiger partial charge in [0.15, 0.2) is 0 Å². The van der Waals surface area contributed by atoms with E-state index in [2.05, 4.69) is 27.8 Å². The highest BCUT2D eigenvalue weighted by Crippen LogP contribution is 2.41. The fourth-order valence-corrected chi connectivity index (χ4v) is 4.69. The summed E-state index contributed by atoms with van der Waals surface area (Å²) < 4.78 is 0.933. The summed E-state index contributed by atoms with van der Waals surface area (Å²) in [6, 6.07) is 0. The van der Waals surface area contributed by atoms with Crippen LogP contribution in [0.15, 0.2) is 4.47 Å². The van der Waals surface area contributed by atoms with E-state index < -0.39 is 0 Å². The van der Waals surface area contributed by atoms with Crippen molar-refractivity contribution < 1.29 is 0 Å². The van der Waals surface area contributed by atoms with Crippen LogP contribution in [-0.4, -0.2) is 9.97 Å². The minimum atomic E-state index is 0.509. The molecule has 0 aromatic carbocycles. The molecule has 1 heterocycles. The average molecular weight is 372 g/mol. The van der Waals surface area contributed by atoms with E-state index >= 15 is 0 Å². The van der Waals surface area contributed by atoms with Crippen molar-refractivity contribution in [2.45, 2.75) is 76.5 Å². The van der Waals surface area contributed by atoms with Gasteiger partial charge in [0.25, 0.3) is 0 Å². The highest BCUT2D eigenvalue weighted by Gasteiger charge is 2.28. The first-order valence-corrected chi connectivity index (χ1v) is 9.59. The lowest BCUT2D eigenvalue weighted by Crippen LogP contribution is -2.17. The Bertz CT molecular complexity index is 500. The third-order valence-electron chi connectivity index (χ3n) is 5.32. The van der Waals surface area contributed by atoms with Crippen LogP contribution in [0, 0.1) is 5.92 Å². The van der Waals surface area contributed by atoms with Crippen molar-refractivity contribution in [1.82, 2.24) is 9.97 Å². The zero-order valence-electron chi connectivity index (χ0n) is 12.7. The molecular weight excluding hydrogens is 348 g/mol. The molecule has 0 aliphatic heterocycles. The lowest BCUT2D eigenvalue weighted by Gasteiger charge is -2.28. The van der Waals surface area contributed by atoms with E-state index in [1.165, 1.54) is 63.5 Å². The van der Waals surface area contributed by atoms with E-state index in [-0.39, 0.29) is 0 Å². The molecule has 2 fully saturated rings. The Morgan fingerprint density at radius 2 is 1.76 bits per heavy atom. The van der Waals surface area contributed by atoms with Crippen molar-refractivity contribution >= 4 is 27.5 Å². The molecular formula is C17H24BrClN2. The van der Waals surface area contributed by atoms with Crippen molar-refractivity contribution in [1.29, 1.82) is 0 Å². The Morgan fingerprint density at radius 1 is 1.05 bits per heavy atom. The second kappa shape index (κ2) is 6.95. The molecule has 2 aliphatic carbocycles. The zero-order chi connectivity index (χ0) is 14.8. The highest BCUT2D eigenvalue weighted by atomic mass is 79.9. The van der Waals surface area contributed by atoms with Crippen LogP contribution >= 0.6 is 27.5 Å². The standard InChI is InChI=1S/C17H24BrClN2/c1-2-11-6-5-9-13(10-11)17-20-15(12-7-3-4-8-12)14(18)16(19)21-17/h11-13H,2-10H2,1H3. The summed E-state index contributed by atoms with van der Waals surface area (Å²) in [5.41, 5.74) is 1.17. The van der Waals surface area contributed by atoms with Gasteiger partial charge in [0.1, 0.15) is 11.0 Å². The molecule has 1 aromatic heterocycles. The van der Waals surface area contributed by atoms with E-state index in [9.17, 15) is 0 Å². The van der Waals surface area contributed by atoms with Gasteiger partial charge in [-0.15, -0.1) is 0 Å². The van der Waals surface area contributed by atoms with Gasteiger partial charge in [0, 0.05) is 11.8 Å². The third-order valence-corrected chi connectivity index (χ3v) is 6.60. The van der Waals surface area contributed by atoms with E-state index in [1.807, 2.05) is 0 Å². The van der Waals surface area contributed by atoms with E-state index in [0.717, 1.165) is 16.2 Å². The lowest BCUT2D eigenvalue weighted by atomic mass is 9.80. The molecule has 0 spiro atoms. The van der Waals surface area contributed by atoms with Gasteiger partial charge in [-0.05, 0) is 47.5 Å². The first-order chi connectivity index (χ1) is 10.2. The number of hydrogen-bond acceptors (Lipinski definition) is 2. The van der Waals surface area contributed by atoms with Gasteiger partial charge in [-0.2, -0.15) is 0 Å². The number of halogens is 2. The molecule has 2 unspecified atom stereocenters. The van der Waals surface area contributed by atoms with E-state index in [4.69, 9.17) is 16.6 Å². The molecule has 0 bridgehead atoms. The zero-order valence-corrected chi connectivity index (χ0v) is 15.1. The van der Waals surface area contributed by atoms with E-state index in [1.54, 1.807) is 0 Å². The van der Waals surface area contributed by atoms with Crippen LogP contribution in [0.2, 0.25) is 5.15 Å². The van der Waals surface area contributed by atoms with Crippen LogP contribution in [0.3, 0.4) is 0 Å². The normalized spacial score (nSPS) is 27.2. The molecule has 0 amide bonds. The molecule has 2 aliphatic rings. The quantitative estimate of drug-likeness (QED) is 0.588. The lowest BCUT2D eigenvalue weighted by molar-refractivity contribution is 0.306. The maximum Gasteiger partial charge on any atom is 0.147 e. The number of hydrogen-bond donors (Lipinski definition) is 0. The Morgan fingerprint density at radius 3 is 2.48 bits per heavy atom. The smallest absolute Gasteiger partial charge is 0.147 e. The van der Waals surface area contributed by atoms with Crippen molar-refractivity contribution in [3.8, 4) is 0 Å². The van der Waals surface area contributed by atoms with Crippen LogP contribution in [-0.2, 0) is 0 Å². The van der Waals surface area contributed by atoms with Gasteiger partial charge in [0.2, 0.25) is 0 Å². The predicted octanol–water partition coefficient (Wildman–Crippen LogP) is 6.23. The highest BCUT2D eigenvalue weighted by molar-refractivity contribution is 9.10. The van der Waals surface area contributed by atoms with Gasteiger partial charge < -0.3 is 0 Å². The molecule has 2 atom stereocenters. The Hall–Kier alpha value is -0.150. The van der Waals surface area contributed by atoms with Crippen molar-refractivity contribution in [3.63, 3.8) is 0 Å². The van der Waals surface area contributed by atoms with Crippen molar-refractivity contribution in [2.24, 2.45) is 5.92 Å². The summed E-state index contributed by atoms with van der Waals surface area (Å²) in [5, 5.41) is 0.612. The van der Waals surface area contributed by atoms with Crippen LogP contribution in [0.5, 0.6) is 0 Å². The van der Waals surface area contributed by atoms with Gasteiger partial charge >= 0.3 is 0 Å². The SMILES string of the molecule is CCC1CCCC(c2nc(Cl)c(Br)c(C3CCCC3)n2)C1. The van der Waals surface area contributed by atoms with Crippen molar-refractivity contribution in [2.75, 3.05) is 0 Å². The molecule has 1 aromatic rings. The number of rotatable bonds is 3. The average Bonchev–Trinajstić information content (AvgIpc) is 3.04. The Labute approximate surface area is 141 Å². The van der Waals surface area contributed by atoms with Crippen LogP contribution in [0.1, 0.15) is 88.1 Å². The van der Waals surface area contributed by atoms with Crippen LogP contribution in [0.4, 0.5) is 0 Å². The Balaban J connectivity index is 1.88. The molecule has 0 N–H and O–H groups in total. The van der Waals surface area contributed by atoms with Gasteiger partial charge in [-0.1, -0.05) is 50.6 Å². The summed E-state index contributed by atoms with van der Waals surface area (Å²) >= 11 is 10.0. The summed E-state index contributed by atoms with van der Waals surface area (Å²) in [7, 11) is 0. The van der Waals surface area contributed by atoms with Gasteiger partial charge in [-0.3, -0.25) is 0 Å². The topological polar surface area (TPSA) is 25.8 Å². The second-order valence-electron chi connectivity index (χ2n) is 6.69. The summed E-state index contributed by atoms with van der Waals surface area (Å²) in [5.74, 6) is 2.92. The largest absolute Gasteiger partial charge is 0.236 e. The fourth-order valence-electron chi connectivity index (χ4n) is 4.00. The van der Waals surface area contributed by atoms with Crippen LogP contribution in [0.25, 0.3) is 0 Å². The molecule has 116 valence electrons. The molecule has 4 heteroatoms. The monoisotopic (exact) mass is 370 g/mol. The molecule has 2 nitrogen and oxygen atoms in total. The van der Waals surface area contributed by atoms with Gasteiger partial charge in [-0.25, -0.2) is 9.97 Å². The molecule has 21 heavy (non-hydrogen) atoms. The van der Waals surface area contributed by atoms with E-state index in [0.29, 0.717) is 17.0 Å². The number of aromatic nitrogens is 2. The number of nitrogens with zero attached hydrogens (tertiary/aromatic N) is 2. The molecule has 2 saturated carbocycles. The van der Waals surface area contributed by atoms with Gasteiger partial charge in [0.05, 0.1) is 10.2 Å². The third kappa shape index (κ3) is 3.44. The first-order valence-electron chi connectivity index (χ1n) is 8.41. The second-order valence-corrected chi connectivity index (χ2v) is 7.84. The summed E-state index contributed by atoms with van der Waals surface area (Å²) in [4.78, 5) is 9.57. The summed E-state index contributed by atoms with van der Waals surface area (Å²) in [6.07, 6.45) is 11.5. The molecule has 3 rings (SSSR count). The minimum Gasteiger partial charge on any atom is -0.236 e. The minimum absolute atomic E-state index is 0.509. The predicted molar refractivity (Wildman–Crippen MR) is 90.9 cm³/mol. The fraction of sp³-hybridized carbons (Fsp3) is 0.765. The summed E-state index contributed by atoms with van der Waals surface area (Å²) in [6.45, 7) is 2.30.